The second-order valence-electron chi connectivity index (χ2n) is 7.30. The molecule has 0 heterocycles. The molecule has 0 unspecified atom stereocenters. The third kappa shape index (κ3) is 6.07. The standard InChI is InChI=1S/C27H27ClN2O5/c1-32-24-16-22(30-12-11-23(31)19-7-5-6-8-21(19)29)18(15-20(24)28)10-9-17-13-25(33-2)27(35-4)26(14-17)34-3/h5-16,30H,29H2,1-4H3. The number of allylic oxidation sites excluding steroid dienone is 1. The zero-order chi connectivity index (χ0) is 25.4. The smallest absolute Gasteiger partial charge is 0.203 e. The van der Waals surface area contributed by atoms with Crippen LogP contribution in [0.5, 0.6) is 23.0 Å². The number of hydrogen-bond acceptors (Lipinski definition) is 7. The van der Waals surface area contributed by atoms with E-state index in [-0.39, 0.29) is 5.78 Å². The van der Waals surface area contributed by atoms with Crippen molar-refractivity contribution in [3.05, 3.63) is 82.5 Å². The maximum absolute atomic E-state index is 12.5. The van der Waals surface area contributed by atoms with Crippen molar-refractivity contribution in [3.63, 3.8) is 0 Å². The number of carbonyl (C=O) groups excluding carboxylic acids is 1. The molecule has 0 aliphatic rings. The highest BCUT2D eigenvalue weighted by Crippen LogP contribution is 2.39. The molecule has 0 aromatic heterocycles. The number of hydrogen-bond donors (Lipinski definition) is 2. The SMILES string of the molecule is COc1cc(NC=CC(=O)c2ccccc2N)c(C=Cc2cc(OC)c(OC)c(OC)c2)cc1Cl. The lowest BCUT2D eigenvalue weighted by molar-refractivity contribution is 0.104. The van der Waals surface area contributed by atoms with Gasteiger partial charge >= 0.3 is 0 Å². The van der Waals surface area contributed by atoms with E-state index in [4.69, 9.17) is 36.3 Å². The number of nitrogens with two attached hydrogens (primary N) is 1. The largest absolute Gasteiger partial charge is 0.495 e. The van der Waals surface area contributed by atoms with E-state index in [2.05, 4.69) is 5.32 Å². The number of ether oxygens (including phenoxy) is 4. The minimum atomic E-state index is -0.217. The summed E-state index contributed by atoms with van der Waals surface area (Å²) in [5.41, 5.74) is 9.02. The van der Waals surface area contributed by atoms with Crippen molar-refractivity contribution in [1.82, 2.24) is 0 Å². The van der Waals surface area contributed by atoms with Crippen LogP contribution in [0.15, 0.2) is 60.8 Å². The van der Waals surface area contributed by atoms with Crippen LogP contribution < -0.4 is 30.0 Å². The zero-order valence-electron chi connectivity index (χ0n) is 19.9. The van der Waals surface area contributed by atoms with E-state index >= 15 is 0 Å². The van der Waals surface area contributed by atoms with E-state index in [0.29, 0.717) is 45.0 Å². The fourth-order valence-electron chi connectivity index (χ4n) is 3.39. The van der Waals surface area contributed by atoms with Crippen LogP contribution in [0, 0.1) is 0 Å². The molecule has 35 heavy (non-hydrogen) atoms. The van der Waals surface area contributed by atoms with Gasteiger partial charge in [-0.1, -0.05) is 35.9 Å². The van der Waals surface area contributed by atoms with Crippen molar-refractivity contribution < 1.29 is 23.7 Å². The van der Waals surface area contributed by atoms with Crippen molar-refractivity contribution in [1.29, 1.82) is 0 Å². The second kappa shape index (κ2) is 11.9. The van der Waals surface area contributed by atoms with Crippen LogP contribution in [0.4, 0.5) is 11.4 Å². The summed E-state index contributed by atoms with van der Waals surface area (Å²) in [4.78, 5) is 12.5. The molecule has 0 amide bonds. The number of anilines is 2. The van der Waals surface area contributed by atoms with Crippen molar-refractivity contribution in [2.24, 2.45) is 0 Å². The molecule has 3 aromatic carbocycles. The number of para-hydroxylation sites is 1. The van der Waals surface area contributed by atoms with Gasteiger partial charge in [-0.3, -0.25) is 4.79 Å². The van der Waals surface area contributed by atoms with Crippen LogP contribution in [0.2, 0.25) is 5.02 Å². The Hall–Kier alpha value is -4.10. The minimum absolute atomic E-state index is 0.217. The summed E-state index contributed by atoms with van der Waals surface area (Å²) in [5.74, 6) is 1.87. The summed E-state index contributed by atoms with van der Waals surface area (Å²) in [6.45, 7) is 0. The Bertz CT molecular complexity index is 1250. The number of carbonyl (C=O) groups is 1. The first kappa shape index (κ1) is 25.5. The van der Waals surface area contributed by atoms with Crippen LogP contribution in [-0.2, 0) is 0 Å². The van der Waals surface area contributed by atoms with Gasteiger partial charge < -0.3 is 30.0 Å². The average molecular weight is 495 g/mol. The van der Waals surface area contributed by atoms with Gasteiger partial charge in [0.1, 0.15) is 5.75 Å². The highest BCUT2D eigenvalue weighted by atomic mass is 35.5. The summed E-state index contributed by atoms with van der Waals surface area (Å²) in [7, 11) is 6.21. The van der Waals surface area contributed by atoms with Crippen LogP contribution in [0.25, 0.3) is 12.2 Å². The lowest BCUT2D eigenvalue weighted by Gasteiger charge is -2.13. The van der Waals surface area contributed by atoms with Crippen LogP contribution in [0.3, 0.4) is 0 Å². The third-order valence-corrected chi connectivity index (χ3v) is 5.46. The topological polar surface area (TPSA) is 92.0 Å². The number of nitrogens with one attached hydrogen (secondary N) is 1. The van der Waals surface area contributed by atoms with Crippen LogP contribution in [-0.4, -0.2) is 34.2 Å². The Morgan fingerprint density at radius 2 is 1.54 bits per heavy atom. The molecule has 0 radical (unpaired) electrons. The number of benzene rings is 3. The molecule has 0 atom stereocenters. The van der Waals surface area contributed by atoms with Gasteiger partial charge in [-0.2, -0.15) is 0 Å². The van der Waals surface area contributed by atoms with Crippen molar-refractivity contribution in [2.45, 2.75) is 0 Å². The molecule has 7 nitrogen and oxygen atoms in total. The van der Waals surface area contributed by atoms with Gasteiger partial charge in [0.2, 0.25) is 5.75 Å². The Balaban J connectivity index is 1.92. The lowest BCUT2D eigenvalue weighted by Crippen LogP contribution is -2.01. The predicted octanol–water partition coefficient (Wildman–Crippen LogP) is 5.94. The van der Waals surface area contributed by atoms with Gasteiger partial charge in [0, 0.05) is 35.3 Å². The van der Waals surface area contributed by atoms with Crippen LogP contribution in [0.1, 0.15) is 21.5 Å². The Morgan fingerprint density at radius 1 is 0.886 bits per heavy atom. The maximum Gasteiger partial charge on any atom is 0.203 e. The summed E-state index contributed by atoms with van der Waals surface area (Å²) < 4.78 is 21.6. The molecule has 0 fully saturated rings. The first-order valence-electron chi connectivity index (χ1n) is 10.6. The quantitative estimate of drug-likeness (QED) is 0.156. The summed E-state index contributed by atoms with van der Waals surface area (Å²) in [5, 5.41) is 3.58. The highest BCUT2D eigenvalue weighted by molar-refractivity contribution is 6.32. The summed E-state index contributed by atoms with van der Waals surface area (Å²) in [6, 6.07) is 14.1. The molecule has 0 spiro atoms. The van der Waals surface area contributed by atoms with Crippen LogP contribution >= 0.6 is 11.6 Å². The first-order chi connectivity index (χ1) is 16.9. The summed E-state index contributed by atoms with van der Waals surface area (Å²) in [6.07, 6.45) is 6.72. The van der Waals surface area contributed by atoms with Gasteiger partial charge in [0.15, 0.2) is 17.3 Å². The van der Waals surface area contributed by atoms with Gasteiger partial charge in [-0.15, -0.1) is 0 Å². The molecular formula is C27H27ClN2O5. The number of rotatable bonds is 10. The molecule has 0 aliphatic heterocycles. The fraction of sp³-hybridized carbons (Fsp3) is 0.148. The summed E-state index contributed by atoms with van der Waals surface area (Å²) >= 11 is 6.37. The lowest BCUT2D eigenvalue weighted by atomic mass is 10.1. The molecule has 0 bridgehead atoms. The van der Waals surface area contributed by atoms with E-state index < -0.39 is 0 Å². The molecule has 3 aromatic rings. The molecule has 0 saturated carbocycles. The highest BCUT2D eigenvalue weighted by Gasteiger charge is 2.13. The van der Waals surface area contributed by atoms with Gasteiger partial charge in [-0.05, 0) is 41.5 Å². The number of halogens is 1. The zero-order valence-corrected chi connectivity index (χ0v) is 20.7. The first-order valence-corrected chi connectivity index (χ1v) is 11.0. The predicted molar refractivity (Wildman–Crippen MR) is 141 cm³/mol. The van der Waals surface area contributed by atoms with Crippen molar-refractivity contribution in [3.8, 4) is 23.0 Å². The Morgan fingerprint density at radius 3 is 2.14 bits per heavy atom. The normalized spacial score (nSPS) is 11.0. The Labute approximate surface area is 209 Å². The number of nitrogen functional groups attached to an aromatic ring is 1. The number of methoxy groups -OCH3 is 4. The maximum atomic E-state index is 12.5. The van der Waals surface area contributed by atoms with Crippen molar-refractivity contribution >= 4 is 40.9 Å². The minimum Gasteiger partial charge on any atom is -0.495 e. The molecule has 3 N–H and O–H groups in total. The van der Waals surface area contributed by atoms with E-state index in [9.17, 15) is 4.79 Å². The van der Waals surface area contributed by atoms with Gasteiger partial charge in [-0.25, -0.2) is 0 Å². The third-order valence-electron chi connectivity index (χ3n) is 5.17. The van der Waals surface area contributed by atoms with Gasteiger partial charge in [0.25, 0.3) is 0 Å². The molecular weight excluding hydrogens is 468 g/mol. The van der Waals surface area contributed by atoms with E-state index in [1.54, 1.807) is 63.9 Å². The molecule has 8 heteroatoms. The molecule has 182 valence electrons. The fourth-order valence-corrected chi connectivity index (χ4v) is 3.64. The Kier molecular flexibility index (Phi) is 8.64. The molecule has 0 saturated heterocycles. The van der Waals surface area contributed by atoms with Gasteiger partial charge in [0.05, 0.1) is 33.5 Å². The molecule has 3 rings (SSSR count). The average Bonchev–Trinajstić information content (AvgIpc) is 2.87. The van der Waals surface area contributed by atoms with E-state index in [1.807, 2.05) is 24.3 Å². The number of ketones is 1. The van der Waals surface area contributed by atoms with E-state index in [0.717, 1.165) is 11.1 Å². The monoisotopic (exact) mass is 494 g/mol. The second-order valence-corrected chi connectivity index (χ2v) is 7.70. The van der Waals surface area contributed by atoms with Crippen molar-refractivity contribution in [2.75, 3.05) is 39.5 Å². The molecule has 0 aliphatic carbocycles. The van der Waals surface area contributed by atoms with E-state index in [1.165, 1.54) is 13.2 Å².